The number of benzene rings is 3. The van der Waals surface area contributed by atoms with E-state index in [4.69, 9.17) is 23.2 Å². The molecule has 0 saturated carbocycles. The first kappa shape index (κ1) is 30.5. The van der Waals surface area contributed by atoms with Gasteiger partial charge in [0.1, 0.15) is 12.6 Å². The number of amides is 2. The van der Waals surface area contributed by atoms with Crippen LogP contribution in [0.2, 0.25) is 10.0 Å². The van der Waals surface area contributed by atoms with Crippen LogP contribution in [0.25, 0.3) is 0 Å². The largest absolute Gasteiger partial charge is 0.354 e. The van der Waals surface area contributed by atoms with E-state index in [1.54, 1.807) is 67.6 Å². The van der Waals surface area contributed by atoms with Gasteiger partial charge in [0, 0.05) is 18.1 Å². The van der Waals surface area contributed by atoms with Crippen molar-refractivity contribution in [1.82, 2.24) is 10.2 Å². The van der Waals surface area contributed by atoms with Gasteiger partial charge in [-0.2, -0.15) is 0 Å². The minimum Gasteiger partial charge on any atom is -0.354 e. The molecule has 1 N–H and O–H groups in total. The number of nitrogens with zero attached hydrogens (tertiary/aromatic N) is 2. The number of aryl methyl sites for hydroxylation is 1. The average Bonchev–Trinajstić information content (AvgIpc) is 2.92. The summed E-state index contributed by atoms with van der Waals surface area (Å²) in [6.45, 7) is 5.51. The fraction of sp³-hybridized carbons (Fsp3) is 0.310. The van der Waals surface area contributed by atoms with Crippen molar-refractivity contribution in [1.29, 1.82) is 0 Å². The lowest BCUT2D eigenvalue weighted by Gasteiger charge is -2.33. The summed E-state index contributed by atoms with van der Waals surface area (Å²) in [6.07, 6.45) is 1.05. The zero-order valence-electron chi connectivity index (χ0n) is 22.2. The predicted molar refractivity (Wildman–Crippen MR) is 157 cm³/mol. The molecule has 39 heavy (non-hydrogen) atoms. The molecule has 0 fully saturated rings. The van der Waals surface area contributed by atoms with Gasteiger partial charge in [0.25, 0.3) is 10.0 Å². The zero-order chi connectivity index (χ0) is 28.6. The molecule has 2 amide bonds. The van der Waals surface area contributed by atoms with Crippen molar-refractivity contribution in [3.05, 3.63) is 94.0 Å². The predicted octanol–water partition coefficient (Wildman–Crippen LogP) is 5.83. The molecule has 0 radical (unpaired) electrons. The standard InChI is InChI=1S/C29H33Cl2N3O4S/c1-4-18-32-29(36)26(5-2)33(19-22-10-6-7-11-24(22)30)28(35)20-34(27-13-9-8-12-25(27)31)39(37,38)23-16-14-21(3)15-17-23/h6-17,26H,4-5,18-20H2,1-3H3,(H,32,36)/t26-/m1/s1. The molecule has 0 aliphatic carbocycles. The summed E-state index contributed by atoms with van der Waals surface area (Å²) in [5, 5.41) is 3.47. The molecule has 0 unspecified atom stereocenters. The Hall–Kier alpha value is -3.07. The Morgan fingerprint density at radius 1 is 0.897 bits per heavy atom. The quantitative estimate of drug-likeness (QED) is 0.288. The van der Waals surface area contributed by atoms with E-state index in [1.807, 2.05) is 13.8 Å². The highest BCUT2D eigenvalue weighted by molar-refractivity contribution is 7.92. The van der Waals surface area contributed by atoms with Crippen molar-refractivity contribution in [2.45, 2.75) is 51.1 Å². The zero-order valence-corrected chi connectivity index (χ0v) is 24.6. The second-order valence-electron chi connectivity index (χ2n) is 9.10. The van der Waals surface area contributed by atoms with E-state index in [1.165, 1.54) is 17.0 Å². The van der Waals surface area contributed by atoms with Gasteiger partial charge in [-0.25, -0.2) is 8.42 Å². The molecular weight excluding hydrogens is 557 g/mol. The van der Waals surface area contributed by atoms with E-state index in [-0.39, 0.29) is 28.1 Å². The molecule has 0 saturated heterocycles. The third kappa shape index (κ3) is 7.53. The summed E-state index contributed by atoms with van der Waals surface area (Å²) in [5.41, 5.74) is 1.69. The number of nitrogens with one attached hydrogen (secondary N) is 1. The van der Waals surface area contributed by atoms with E-state index in [9.17, 15) is 18.0 Å². The van der Waals surface area contributed by atoms with Crippen molar-refractivity contribution in [2.24, 2.45) is 0 Å². The Balaban J connectivity index is 2.07. The summed E-state index contributed by atoms with van der Waals surface area (Å²) in [5.74, 6) is -0.880. The maximum absolute atomic E-state index is 14.0. The number of para-hydroxylation sites is 1. The topological polar surface area (TPSA) is 86.8 Å². The fourth-order valence-electron chi connectivity index (χ4n) is 4.10. The highest BCUT2D eigenvalue weighted by atomic mass is 35.5. The number of rotatable bonds is 12. The van der Waals surface area contributed by atoms with Gasteiger partial charge in [-0.15, -0.1) is 0 Å². The van der Waals surface area contributed by atoms with E-state index < -0.39 is 28.5 Å². The summed E-state index contributed by atoms with van der Waals surface area (Å²) in [4.78, 5) is 28.6. The lowest BCUT2D eigenvalue weighted by Crippen LogP contribution is -2.52. The highest BCUT2D eigenvalue weighted by Gasteiger charge is 2.34. The molecule has 0 aliphatic rings. The van der Waals surface area contributed by atoms with Crippen LogP contribution in [0.5, 0.6) is 0 Å². The second-order valence-corrected chi connectivity index (χ2v) is 11.8. The van der Waals surface area contributed by atoms with Gasteiger partial charge in [-0.1, -0.05) is 85.1 Å². The molecule has 0 bridgehead atoms. The van der Waals surface area contributed by atoms with Crippen LogP contribution in [0.3, 0.4) is 0 Å². The monoisotopic (exact) mass is 589 g/mol. The Kier molecular flexibility index (Phi) is 10.8. The minimum absolute atomic E-state index is 0.0196. The molecule has 0 heterocycles. The summed E-state index contributed by atoms with van der Waals surface area (Å²) in [6, 6.07) is 19.0. The van der Waals surface area contributed by atoms with Crippen LogP contribution in [0.1, 0.15) is 37.8 Å². The van der Waals surface area contributed by atoms with Crippen LogP contribution in [-0.4, -0.2) is 44.3 Å². The average molecular weight is 591 g/mol. The van der Waals surface area contributed by atoms with Crippen molar-refractivity contribution in [3.63, 3.8) is 0 Å². The van der Waals surface area contributed by atoms with Gasteiger partial charge in [-0.3, -0.25) is 13.9 Å². The Morgan fingerprint density at radius 3 is 2.10 bits per heavy atom. The fourth-order valence-corrected chi connectivity index (χ4v) is 6.02. The van der Waals surface area contributed by atoms with Crippen molar-refractivity contribution < 1.29 is 18.0 Å². The second kappa shape index (κ2) is 13.8. The van der Waals surface area contributed by atoms with Crippen molar-refractivity contribution in [2.75, 3.05) is 17.4 Å². The van der Waals surface area contributed by atoms with Crippen molar-refractivity contribution >= 4 is 50.7 Å². The minimum atomic E-state index is -4.20. The van der Waals surface area contributed by atoms with E-state index in [2.05, 4.69) is 5.32 Å². The van der Waals surface area contributed by atoms with Crippen LogP contribution in [-0.2, 0) is 26.2 Å². The summed E-state index contributed by atoms with van der Waals surface area (Å²) >= 11 is 12.8. The lowest BCUT2D eigenvalue weighted by molar-refractivity contribution is -0.140. The summed E-state index contributed by atoms with van der Waals surface area (Å²) in [7, 11) is -4.20. The molecule has 7 nitrogen and oxygen atoms in total. The molecule has 0 aromatic heterocycles. The SMILES string of the molecule is CCCNC(=O)[C@@H](CC)N(Cc1ccccc1Cl)C(=O)CN(c1ccccc1Cl)S(=O)(=O)c1ccc(C)cc1. The Bertz CT molecular complexity index is 1400. The van der Waals surface area contributed by atoms with Gasteiger partial charge in [0.2, 0.25) is 11.8 Å². The number of anilines is 1. The number of carbonyl (C=O) groups is 2. The third-order valence-electron chi connectivity index (χ3n) is 6.24. The first-order valence-corrected chi connectivity index (χ1v) is 14.9. The molecular formula is C29H33Cl2N3O4S. The van der Waals surface area contributed by atoms with Crippen LogP contribution in [0, 0.1) is 6.92 Å². The first-order chi connectivity index (χ1) is 18.6. The number of hydrogen-bond acceptors (Lipinski definition) is 4. The molecule has 0 aliphatic heterocycles. The Labute approximate surface area is 240 Å². The maximum Gasteiger partial charge on any atom is 0.264 e. The molecule has 10 heteroatoms. The van der Waals surface area contributed by atoms with Gasteiger partial charge in [0.15, 0.2) is 0 Å². The number of halogens is 2. The summed E-state index contributed by atoms with van der Waals surface area (Å²) < 4.78 is 28.8. The molecule has 208 valence electrons. The molecule has 3 aromatic rings. The van der Waals surface area contributed by atoms with Gasteiger partial charge in [0.05, 0.1) is 15.6 Å². The van der Waals surface area contributed by atoms with Gasteiger partial charge in [-0.05, 0) is 55.7 Å². The Morgan fingerprint density at radius 2 is 1.51 bits per heavy atom. The third-order valence-corrected chi connectivity index (χ3v) is 8.70. The normalized spacial score (nSPS) is 12.0. The number of hydrogen-bond donors (Lipinski definition) is 1. The smallest absolute Gasteiger partial charge is 0.264 e. The van der Waals surface area contributed by atoms with E-state index in [0.29, 0.717) is 23.6 Å². The maximum atomic E-state index is 14.0. The van der Waals surface area contributed by atoms with Gasteiger partial charge < -0.3 is 10.2 Å². The van der Waals surface area contributed by atoms with E-state index >= 15 is 0 Å². The van der Waals surface area contributed by atoms with Crippen LogP contribution >= 0.6 is 23.2 Å². The van der Waals surface area contributed by atoms with Crippen molar-refractivity contribution in [3.8, 4) is 0 Å². The van der Waals surface area contributed by atoms with Gasteiger partial charge >= 0.3 is 0 Å². The molecule has 3 aromatic carbocycles. The van der Waals surface area contributed by atoms with Crippen LogP contribution in [0.4, 0.5) is 5.69 Å². The number of sulfonamides is 1. The molecule has 0 spiro atoms. The van der Waals surface area contributed by atoms with Crippen LogP contribution < -0.4 is 9.62 Å². The highest BCUT2D eigenvalue weighted by Crippen LogP contribution is 2.31. The molecule has 3 rings (SSSR count). The molecule has 1 atom stereocenters. The lowest BCUT2D eigenvalue weighted by atomic mass is 10.1. The number of carbonyl (C=O) groups excluding carboxylic acids is 2. The first-order valence-electron chi connectivity index (χ1n) is 12.7. The van der Waals surface area contributed by atoms with E-state index in [0.717, 1.165) is 16.3 Å². The van der Waals surface area contributed by atoms with Crippen LogP contribution in [0.15, 0.2) is 77.7 Å².